The highest BCUT2D eigenvalue weighted by molar-refractivity contribution is 6.77. The topological polar surface area (TPSA) is 9.23 Å². The first-order valence-corrected chi connectivity index (χ1v) is 12.2. The molecule has 0 aliphatic rings. The van der Waals surface area contributed by atoms with Crippen molar-refractivity contribution in [2.45, 2.75) is 76.5 Å². The van der Waals surface area contributed by atoms with Gasteiger partial charge in [-0.25, -0.2) is 0 Å². The summed E-state index contributed by atoms with van der Waals surface area (Å²) in [5.74, 6) is 0. The van der Waals surface area contributed by atoms with Crippen LogP contribution in [0.2, 0.25) is 24.2 Å². The van der Waals surface area contributed by atoms with Gasteiger partial charge < -0.3 is 4.12 Å². The number of hydrogen-bond acceptors (Lipinski definition) is 1. The molecule has 19 heavy (non-hydrogen) atoms. The monoisotopic (exact) mass is 298 g/mol. The van der Waals surface area contributed by atoms with Crippen molar-refractivity contribution in [3.63, 3.8) is 0 Å². The van der Waals surface area contributed by atoms with Gasteiger partial charge in [0.25, 0.3) is 0 Å². The Morgan fingerprint density at radius 2 is 1.53 bits per heavy atom. The average Bonchev–Trinajstić information content (AvgIpc) is 2.40. The second kappa shape index (κ2) is 12.9. The minimum absolute atomic E-state index is 0.386. The van der Waals surface area contributed by atoms with Crippen molar-refractivity contribution in [2.24, 2.45) is 0 Å². The van der Waals surface area contributed by atoms with Crippen molar-refractivity contribution in [1.29, 1.82) is 0 Å². The molecule has 0 atom stereocenters. The van der Waals surface area contributed by atoms with Crippen LogP contribution in [0.4, 0.5) is 0 Å². The van der Waals surface area contributed by atoms with E-state index in [0.29, 0.717) is 0 Å². The van der Waals surface area contributed by atoms with E-state index in [1.54, 1.807) is 0 Å². The first kappa shape index (κ1) is 18.9. The summed E-state index contributed by atoms with van der Waals surface area (Å²) in [7, 11) is -1.90. The quantitative estimate of drug-likeness (QED) is 0.243. The molecule has 0 aliphatic carbocycles. The van der Waals surface area contributed by atoms with Crippen molar-refractivity contribution in [3.8, 4) is 0 Å². The molecule has 0 aromatic heterocycles. The van der Waals surface area contributed by atoms with Crippen LogP contribution in [-0.2, 0) is 4.12 Å². The predicted molar refractivity (Wildman–Crippen MR) is 94.1 cm³/mol. The summed E-state index contributed by atoms with van der Waals surface area (Å²) in [6, 6.07) is 4.97. The van der Waals surface area contributed by atoms with E-state index >= 15 is 0 Å². The summed E-state index contributed by atoms with van der Waals surface area (Å²) in [5.41, 5.74) is 0. The normalized spacial score (nSPS) is 12.1. The Morgan fingerprint density at radius 3 is 1.95 bits per heavy atom. The number of unbranched alkanes of at least 4 members (excludes halogenated alkanes) is 4. The van der Waals surface area contributed by atoms with Crippen LogP contribution >= 0.6 is 0 Å². The van der Waals surface area contributed by atoms with E-state index in [4.69, 9.17) is 4.12 Å². The molecule has 3 heteroatoms. The number of allylic oxidation sites excluding steroid dienone is 2. The zero-order valence-electron chi connectivity index (χ0n) is 13.3. The summed E-state index contributed by atoms with van der Waals surface area (Å²) in [6.07, 6.45) is 12.2. The van der Waals surface area contributed by atoms with Gasteiger partial charge in [0.15, 0.2) is 8.32 Å². The molecular weight excluding hydrogens is 264 g/mol. The van der Waals surface area contributed by atoms with E-state index in [0.717, 1.165) is 12.1 Å². The molecule has 1 nitrogen and oxygen atoms in total. The Kier molecular flexibility index (Phi) is 12.8. The van der Waals surface area contributed by atoms with E-state index in [2.05, 4.69) is 33.1 Å². The van der Waals surface area contributed by atoms with E-state index in [1.165, 1.54) is 50.6 Å². The summed E-state index contributed by atoms with van der Waals surface area (Å²) in [4.78, 5) is 0. The van der Waals surface area contributed by atoms with E-state index in [9.17, 15) is 0 Å². The van der Waals surface area contributed by atoms with Crippen molar-refractivity contribution < 1.29 is 4.12 Å². The van der Waals surface area contributed by atoms with Crippen LogP contribution in [0.1, 0.15) is 52.4 Å². The van der Waals surface area contributed by atoms with E-state index < -0.39 is 8.32 Å². The van der Waals surface area contributed by atoms with Gasteiger partial charge in [-0.2, -0.15) is 0 Å². The van der Waals surface area contributed by atoms with E-state index in [1.807, 2.05) is 6.08 Å². The molecular formula is C16H34OSi2. The minimum Gasteiger partial charge on any atom is -0.460 e. The van der Waals surface area contributed by atoms with Gasteiger partial charge in [-0.05, 0) is 24.2 Å². The SMILES string of the molecule is C=CC[SiH2]O[Si](CC=C)(CCCCC)CCCCC. The van der Waals surface area contributed by atoms with E-state index in [-0.39, 0.29) is 9.76 Å². The lowest BCUT2D eigenvalue weighted by atomic mass is 10.3. The molecule has 0 aromatic rings. The summed E-state index contributed by atoms with van der Waals surface area (Å²) in [6.45, 7) is 12.4. The minimum atomic E-state index is -1.51. The second-order valence-corrected chi connectivity index (χ2v) is 11.4. The second-order valence-electron chi connectivity index (χ2n) is 5.52. The molecule has 0 N–H and O–H groups in total. The largest absolute Gasteiger partial charge is 0.460 e. The summed E-state index contributed by atoms with van der Waals surface area (Å²) >= 11 is 0. The molecule has 0 spiro atoms. The highest BCUT2D eigenvalue weighted by Gasteiger charge is 2.31. The van der Waals surface area contributed by atoms with Crippen LogP contribution in [0.15, 0.2) is 25.3 Å². The standard InChI is InChI=1S/C16H34OSi2/c1-5-9-11-15-19(14-8-4,16-12-10-6-2)17-18-13-7-3/h7-8H,3-6,9-16,18H2,1-2H3. The van der Waals surface area contributed by atoms with Crippen molar-refractivity contribution in [1.82, 2.24) is 0 Å². The lowest BCUT2D eigenvalue weighted by molar-refractivity contribution is 0.548. The smallest absolute Gasteiger partial charge is 0.183 e. The fraction of sp³-hybridized carbons (Fsp3) is 0.750. The van der Waals surface area contributed by atoms with Crippen LogP contribution in [-0.4, -0.2) is 18.1 Å². The third-order valence-corrected chi connectivity index (χ3v) is 11.2. The molecule has 0 amide bonds. The zero-order chi connectivity index (χ0) is 14.4. The molecule has 0 saturated carbocycles. The molecule has 0 aromatic carbocycles. The molecule has 0 rings (SSSR count). The van der Waals surface area contributed by atoms with Crippen LogP contribution in [0.5, 0.6) is 0 Å². The van der Waals surface area contributed by atoms with Crippen molar-refractivity contribution in [3.05, 3.63) is 25.3 Å². The van der Waals surface area contributed by atoms with Gasteiger partial charge in [0.2, 0.25) is 0 Å². The Balaban J connectivity index is 4.45. The van der Waals surface area contributed by atoms with Gasteiger partial charge in [-0.1, -0.05) is 64.5 Å². The van der Waals surface area contributed by atoms with Gasteiger partial charge in [0.1, 0.15) is 9.76 Å². The third kappa shape index (κ3) is 9.41. The van der Waals surface area contributed by atoms with Crippen LogP contribution in [0.25, 0.3) is 0 Å². The molecule has 0 heterocycles. The number of hydrogen-bond donors (Lipinski definition) is 0. The molecule has 0 saturated heterocycles. The van der Waals surface area contributed by atoms with Crippen LogP contribution < -0.4 is 0 Å². The molecule has 0 radical (unpaired) electrons. The molecule has 0 fully saturated rings. The first-order valence-electron chi connectivity index (χ1n) is 8.10. The van der Waals surface area contributed by atoms with Gasteiger partial charge in [-0.15, -0.1) is 13.2 Å². The fourth-order valence-electron chi connectivity index (χ4n) is 2.55. The lowest BCUT2D eigenvalue weighted by Crippen LogP contribution is -2.38. The average molecular weight is 299 g/mol. The molecule has 0 unspecified atom stereocenters. The molecule has 0 aliphatic heterocycles. The van der Waals surface area contributed by atoms with Crippen LogP contribution in [0, 0.1) is 0 Å². The maximum atomic E-state index is 6.54. The van der Waals surface area contributed by atoms with Gasteiger partial charge >= 0.3 is 0 Å². The molecule has 112 valence electrons. The predicted octanol–water partition coefficient (Wildman–Crippen LogP) is 5.20. The number of rotatable bonds is 14. The lowest BCUT2D eigenvalue weighted by Gasteiger charge is -2.31. The highest BCUT2D eigenvalue weighted by Crippen LogP contribution is 2.28. The van der Waals surface area contributed by atoms with Gasteiger partial charge in [-0.3, -0.25) is 0 Å². The summed E-state index contributed by atoms with van der Waals surface area (Å²) < 4.78 is 6.54. The van der Waals surface area contributed by atoms with Crippen LogP contribution in [0.3, 0.4) is 0 Å². The van der Waals surface area contributed by atoms with Gasteiger partial charge in [0, 0.05) is 0 Å². The van der Waals surface area contributed by atoms with Crippen molar-refractivity contribution in [2.75, 3.05) is 0 Å². The Morgan fingerprint density at radius 1 is 0.947 bits per heavy atom. The highest BCUT2D eigenvalue weighted by atomic mass is 28.4. The Labute approximate surface area is 124 Å². The maximum Gasteiger partial charge on any atom is 0.183 e. The third-order valence-electron chi connectivity index (χ3n) is 3.72. The Bertz CT molecular complexity index is 219. The van der Waals surface area contributed by atoms with Gasteiger partial charge in [0.05, 0.1) is 0 Å². The zero-order valence-corrected chi connectivity index (χ0v) is 15.7. The maximum absolute atomic E-state index is 6.54. The first-order chi connectivity index (χ1) is 9.24. The molecule has 0 bridgehead atoms. The summed E-state index contributed by atoms with van der Waals surface area (Å²) in [5, 5.41) is 0. The Hall–Kier alpha value is -0.126. The van der Waals surface area contributed by atoms with Crippen molar-refractivity contribution >= 4 is 18.1 Å². The fourth-order valence-corrected chi connectivity index (χ4v) is 9.52.